The highest BCUT2D eigenvalue weighted by Crippen LogP contribution is 2.26. The molecule has 0 radical (unpaired) electrons. The standard InChI is InChI=1S/C20H23FN4O6S2/c21-17-10-22-20(32-17)23-19(27)18(24-31-15-7-9-30-12-15)13-3-5-16(6-4-13)33(28,29)25-8-1-2-14(25)11-26/h3-6,10,14-15,26H,1-2,7-9,11-12H2,(H,22,23,27)/t14-,15-/m1/s1. The quantitative estimate of drug-likeness (QED) is 0.417. The average molecular weight is 499 g/mol. The highest BCUT2D eigenvalue weighted by molar-refractivity contribution is 7.89. The number of hydrogen-bond acceptors (Lipinski definition) is 9. The second-order valence-electron chi connectivity index (χ2n) is 7.57. The maximum absolute atomic E-state index is 13.3. The van der Waals surface area contributed by atoms with E-state index in [4.69, 9.17) is 9.57 Å². The van der Waals surface area contributed by atoms with E-state index in [0.29, 0.717) is 55.9 Å². The molecule has 1 amide bonds. The van der Waals surface area contributed by atoms with Gasteiger partial charge in [-0.2, -0.15) is 8.70 Å². The Hall–Kier alpha value is -2.45. The number of carbonyl (C=O) groups is 1. The molecule has 0 aliphatic carbocycles. The SMILES string of the molecule is O=C(Nc1ncc(F)s1)C(=NO[C@@H]1CCOC1)c1ccc(S(=O)(=O)N2CCC[C@@H]2CO)cc1. The van der Waals surface area contributed by atoms with Crippen molar-refractivity contribution >= 4 is 38.1 Å². The molecule has 2 aromatic rings. The summed E-state index contributed by atoms with van der Waals surface area (Å²) in [5.74, 6) is -0.682. The van der Waals surface area contributed by atoms with Crippen LogP contribution in [0, 0.1) is 5.13 Å². The summed E-state index contributed by atoms with van der Waals surface area (Å²) in [6.45, 7) is 0.965. The van der Waals surface area contributed by atoms with Crippen molar-refractivity contribution in [3.05, 3.63) is 41.2 Å². The van der Waals surface area contributed by atoms with Crippen LogP contribution in [-0.4, -0.2) is 72.9 Å². The van der Waals surface area contributed by atoms with Gasteiger partial charge in [0, 0.05) is 24.6 Å². The number of nitrogens with zero attached hydrogens (tertiary/aromatic N) is 3. The van der Waals surface area contributed by atoms with Gasteiger partial charge in [0.1, 0.15) is 0 Å². The van der Waals surface area contributed by atoms with E-state index in [1.54, 1.807) is 0 Å². The number of hydrogen-bond donors (Lipinski definition) is 2. The van der Waals surface area contributed by atoms with E-state index in [-0.39, 0.29) is 28.4 Å². The van der Waals surface area contributed by atoms with Crippen LogP contribution in [0.1, 0.15) is 24.8 Å². The molecule has 2 fully saturated rings. The molecule has 0 unspecified atom stereocenters. The van der Waals surface area contributed by atoms with E-state index in [1.165, 1.54) is 28.6 Å². The number of oxime groups is 1. The Morgan fingerprint density at radius 3 is 2.79 bits per heavy atom. The van der Waals surface area contributed by atoms with Crippen LogP contribution in [0.2, 0.25) is 0 Å². The van der Waals surface area contributed by atoms with Crippen molar-refractivity contribution in [1.82, 2.24) is 9.29 Å². The number of rotatable bonds is 8. The van der Waals surface area contributed by atoms with Crippen LogP contribution in [0.4, 0.5) is 9.52 Å². The Bertz CT molecular complexity index is 1120. The minimum Gasteiger partial charge on any atom is -0.395 e. The zero-order chi connectivity index (χ0) is 23.4. The van der Waals surface area contributed by atoms with E-state index in [9.17, 15) is 22.7 Å². The van der Waals surface area contributed by atoms with Gasteiger partial charge in [0.05, 0.1) is 30.9 Å². The number of aromatic nitrogens is 1. The second kappa shape index (κ2) is 10.2. The normalized spacial score (nSPS) is 21.9. The molecule has 10 nitrogen and oxygen atoms in total. The average Bonchev–Trinajstić information content (AvgIpc) is 3.56. The Kier molecular flexibility index (Phi) is 7.34. The molecular formula is C20H23FN4O6S2. The van der Waals surface area contributed by atoms with Crippen LogP contribution in [0.15, 0.2) is 40.5 Å². The fraction of sp³-hybridized carbons (Fsp3) is 0.450. The monoisotopic (exact) mass is 498 g/mol. The Morgan fingerprint density at radius 1 is 1.36 bits per heavy atom. The number of aliphatic hydroxyl groups is 1. The first-order valence-electron chi connectivity index (χ1n) is 10.4. The predicted octanol–water partition coefficient (Wildman–Crippen LogP) is 1.58. The van der Waals surface area contributed by atoms with Crippen LogP contribution >= 0.6 is 11.3 Å². The molecule has 2 atom stereocenters. The summed E-state index contributed by atoms with van der Waals surface area (Å²) in [6, 6.07) is 5.21. The molecule has 2 saturated heterocycles. The van der Waals surface area contributed by atoms with Crippen molar-refractivity contribution in [3.63, 3.8) is 0 Å². The fourth-order valence-electron chi connectivity index (χ4n) is 3.65. The maximum atomic E-state index is 13.3. The largest absolute Gasteiger partial charge is 0.395 e. The number of carbonyl (C=O) groups excluding carboxylic acids is 1. The highest BCUT2D eigenvalue weighted by atomic mass is 32.2. The lowest BCUT2D eigenvalue weighted by Crippen LogP contribution is -2.37. The molecule has 1 aromatic heterocycles. The first-order chi connectivity index (χ1) is 15.9. The van der Waals surface area contributed by atoms with Crippen molar-refractivity contribution in [3.8, 4) is 0 Å². The Labute approximate surface area is 194 Å². The summed E-state index contributed by atoms with van der Waals surface area (Å²) in [6.07, 6.45) is 2.58. The number of amides is 1. The predicted molar refractivity (Wildman–Crippen MR) is 118 cm³/mol. The molecule has 2 aliphatic rings. The molecule has 33 heavy (non-hydrogen) atoms. The lowest BCUT2D eigenvalue weighted by atomic mass is 10.1. The maximum Gasteiger partial charge on any atom is 0.280 e. The number of thiazole rings is 1. The highest BCUT2D eigenvalue weighted by Gasteiger charge is 2.35. The number of ether oxygens (including phenoxy) is 1. The van der Waals surface area contributed by atoms with Crippen molar-refractivity contribution in [2.45, 2.75) is 36.3 Å². The van der Waals surface area contributed by atoms with Gasteiger partial charge in [-0.3, -0.25) is 10.1 Å². The number of benzene rings is 1. The lowest BCUT2D eigenvalue weighted by Gasteiger charge is -2.22. The molecule has 3 heterocycles. The van der Waals surface area contributed by atoms with Gasteiger partial charge in [0.2, 0.25) is 10.0 Å². The number of nitrogens with one attached hydrogen (secondary N) is 1. The molecular weight excluding hydrogens is 475 g/mol. The third-order valence-electron chi connectivity index (χ3n) is 5.36. The Balaban J connectivity index is 1.58. The van der Waals surface area contributed by atoms with E-state index >= 15 is 0 Å². The third kappa shape index (κ3) is 5.38. The molecule has 13 heteroatoms. The summed E-state index contributed by atoms with van der Waals surface area (Å²) >= 11 is 0.663. The summed E-state index contributed by atoms with van der Waals surface area (Å²) in [7, 11) is -3.80. The van der Waals surface area contributed by atoms with Gasteiger partial charge >= 0.3 is 0 Å². The topological polar surface area (TPSA) is 130 Å². The Morgan fingerprint density at radius 2 is 2.15 bits per heavy atom. The van der Waals surface area contributed by atoms with Crippen molar-refractivity contribution in [2.75, 3.05) is 31.7 Å². The van der Waals surface area contributed by atoms with Crippen LogP contribution in [0.3, 0.4) is 0 Å². The summed E-state index contributed by atoms with van der Waals surface area (Å²) < 4.78 is 45.8. The van der Waals surface area contributed by atoms with E-state index in [1.807, 2.05) is 0 Å². The van der Waals surface area contributed by atoms with Crippen molar-refractivity contribution < 1.29 is 32.3 Å². The van der Waals surface area contributed by atoms with Gasteiger partial charge in [-0.15, -0.1) is 0 Å². The van der Waals surface area contributed by atoms with Crippen LogP contribution < -0.4 is 5.32 Å². The molecule has 0 spiro atoms. The van der Waals surface area contributed by atoms with Gasteiger partial charge < -0.3 is 14.7 Å². The van der Waals surface area contributed by atoms with Crippen LogP contribution in [0.5, 0.6) is 0 Å². The van der Waals surface area contributed by atoms with Crippen LogP contribution in [0.25, 0.3) is 0 Å². The van der Waals surface area contributed by atoms with Crippen molar-refractivity contribution in [2.24, 2.45) is 5.16 Å². The minimum absolute atomic E-state index is 0.0402. The molecule has 4 rings (SSSR count). The second-order valence-corrected chi connectivity index (χ2v) is 10.4. The zero-order valence-corrected chi connectivity index (χ0v) is 19.1. The molecule has 0 saturated carbocycles. The van der Waals surface area contributed by atoms with Crippen molar-refractivity contribution in [1.29, 1.82) is 0 Å². The smallest absolute Gasteiger partial charge is 0.280 e. The van der Waals surface area contributed by atoms with Gasteiger partial charge in [-0.25, -0.2) is 13.4 Å². The number of aliphatic hydroxyl groups excluding tert-OH is 1. The summed E-state index contributed by atoms with van der Waals surface area (Å²) in [5, 5.41) is 15.4. The number of halogens is 1. The molecule has 2 aliphatic heterocycles. The molecule has 2 N–H and O–H groups in total. The fourth-order valence-corrected chi connectivity index (χ4v) is 5.87. The van der Waals surface area contributed by atoms with E-state index in [2.05, 4.69) is 15.5 Å². The van der Waals surface area contributed by atoms with Gasteiger partial charge in [0.25, 0.3) is 5.91 Å². The zero-order valence-electron chi connectivity index (χ0n) is 17.5. The summed E-state index contributed by atoms with van der Waals surface area (Å²) in [5.41, 5.74) is 0.193. The number of anilines is 1. The third-order valence-corrected chi connectivity index (χ3v) is 8.03. The minimum atomic E-state index is -3.80. The van der Waals surface area contributed by atoms with Gasteiger partial charge in [0.15, 0.2) is 22.1 Å². The lowest BCUT2D eigenvalue weighted by molar-refractivity contribution is -0.110. The molecule has 0 bridgehead atoms. The van der Waals surface area contributed by atoms with E-state index < -0.39 is 27.1 Å². The molecule has 178 valence electrons. The number of sulfonamides is 1. The molecule has 1 aromatic carbocycles. The first-order valence-corrected chi connectivity index (χ1v) is 12.6. The van der Waals surface area contributed by atoms with E-state index in [0.717, 1.165) is 6.20 Å². The first kappa shape index (κ1) is 23.7. The van der Waals surface area contributed by atoms with Gasteiger partial charge in [-0.1, -0.05) is 28.6 Å². The summed E-state index contributed by atoms with van der Waals surface area (Å²) in [4.78, 5) is 22.1. The van der Waals surface area contributed by atoms with Gasteiger partial charge in [-0.05, 0) is 25.0 Å². The van der Waals surface area contributed by atoms with Crippen LogP contribution in [-0.2, 0) is 24.4 Å².